The predicted molar refractivity (Wildman–Crippen MR) is 89.4 cm³/mol. The molecular formula is C16H18N2O5S. The first-order valence-corrected chi connectivity index (χ1v) is 8.77. The second-order valence-electron chi connectivity index (χ2n) is 5.08. The maximum Gasteiger partial charge on any atom is 0.289 e. The molecular weight excluding hydrogens is 332 g/mol. The lowest BCUT2D eigenvalue weighted by atomic mass is 10.1. The van der Waals surface area contributed by atoms with Crippen LogP contribution in [0.1, 0.15) is 24.9 Å². The maximum atomic E-state index is 12.6. The van der Waals surface area contributed by atoms with Gasteiger partial charge in [0.2, 0.25) is 10.0 Å². The lowest BCUT2D eigenvalue weighted by Gasteiger charge is -2.18. The smallest absolute Gasteiger partial charge is 0.289 e. The molecule has 0 heterocycles. The molecule has 1 atom stereocenters. The average Bonchev–Trinajstić information content (AvgIpc) is 2.59. The molecule has 0 spiro atoms. The second-order valence-corrected chi connectivity index (χ2v) is 6.76. The second kappa shape index (κ2) is 7.41. The topological polar surface area (TPSA) is 98.5 Å². The number of benzene rings is 2. The zero-order chi connectivity index (χ0) is 17.7. The molecule has 1 unspecified atom stereocenters. The molecule has 0 aliphatic carbocycles. The molecule has 0 saturated heterocycles. The molecule has 8 heteroatoms. The van der Waals surface area contributed by atoms with E-state index in [9.17, 15) is 18.5 Å². The Labute approximate surface area is 140 Å². The number of ether oxygens (including phenoxy) is 1. The van der Waals surface area contributed by atoms with Crippen molar-refractivity contribution in [2.75, 3.05) is 7.11 Å². The van der Waals surface area contributed by atoms with Gasteiger partial charge < -0.3 is 4.74 Å². The van der Waals surface area contributed by atoms with Crippen molar-refractivity contribution in [2.45, 2.75) is 24.3 Å². The highest BCUT2D eigenvalue weighted by atomic mass is 32.2. The van der Waals surface area contributed by atoms with E-state index in [1.54, 1.807) is 31.4 Å². The van der Waals surface area contributed by atoms with E-state index in [1.807, 2.05) is 6.92 Å². The van der Waals surface area contributed by atoms with Crippen molar-refractivity contribution in [2.24, 2.45) is 0 Å². The SMILES string of the molecule is CCC(NS(=O)(=O)c1ccccc1[N+](=O)[O-])c1ccc(OC)cc1. The molecule has 1 N–H and O–H groups in total. The van der Waals surface area contributed by atoms with Crippen molar-refractivity contribution in [3.8, 4) is 5.75 Å². The van der Waals surface area contributed by atoms with E-state index in [1.165, 1.54) is 24.3 Å². The van der Waals surface area contributed by atoms with Crippen LogP contribution in [0.2, 0.25) is 0 Å². The van der Waals surface area contributed by atoms with Gasteiger partial charge >= 0.3 is 0 Å². The van der Waals surface area contributed by atoms with Crippen molar-refractivity contribution < 1.29 is 18.1 Å². The van der Waals surface area contributed by atoms with Crippen LogP contribution in [0.5, 0.6) is 5.75 Å². The summed E-state index contributed by atoms with van der Waals surface area (Å²) in [7, 11) is -2.49. The number of nitro benzene ring substituents is 1. The number of methoxy groups -OCH3 is 1. The molecule has 0 radical (unpaired) electrons. The number of nitrogens with one attached hydrogen (secondary N) is 1. The van der Waals surface area contributed by atoms with E-state index in [0.717, 1.165) is 5.56 Å². The van der Waals surface area contributed by atoms with E-state index in [-0.39, 0.29) is 4.90 Å². The number of sulfonamides is 1. The fourth-order valence-corrected chi connectivity index (χ4v) is 3.79. The third-order valence-corrected chi connectivity index (χ3v) is 5.09. The molecule has 0 bridgehead atoms. The Balaban J connectivity index is 2.34. The molecule has 24 heavy (non-hydrogen) atoms. The first-order valence-electron chi connectivity index (χ1n) is 7.28. The predicted octanol–water partition coefficient (Wildman–Crippen LogP) is 3.03. The van der Waals surface area contributed by atoms with Crippen LogP contribution in [0.4, 0.5) is 5.69 Å². The fraction of sp³-hybridized carbons (Fsp3) is 0.250. The Hall–Kier alpha value is -2.45. The van der Waals surface area contributed by atoms with Crippen LogP contribution in [0.3, 0.4) is 0 Å². The molecule has 7 nitrogen and oxygen atoms in total. The van der Waals surface area contributed by atoms with Crippen molar-refractivity contribution in [1.82, 2.24) is 4.72 Å². The third kappa shape index (κ3) is 3.90. The lowest BCUT2D eigenvalue weighted by molar-refractivity contribution is -0.387. The highest BCUT2D eigenvalue weighted by Gasteiger charge is 2.27. The molecule has 0 amide bonds. The zero-order valence-electron chi connectivity index (χ0n) is 13.3. The van der Waals surface area contributed by atoms with Crippen LogP contribution >= 0.6 is 0 Å². The van der Waals surface area contributed by atoms with Gasteiger partial charge in [0.15, 0.2) is 4.90 Å². The molecule has 0 saturated carbocycles. The van der Waals surface area contributed by atoms with Crippen LogP contribution in [-0.2, 0) is 10.0 Å². The van der Waals surface area contributed by atoms with Gasteiger partial charge in [0.05, 0.1) is 12.0 Å². The fourth-order valence-electron chi connectivity index (χ4n) is 2.31. The Morgan fingerprint density at radius 3 is 2.33 bits per heavy atom. The Kier molecular flexibility index (Phi) is 5.53. The molecule has 128 valence electrons. The van der Waals surface area contributed by atoms with Crippen molar-refractivity contribution in [3.63, 3.8) is 0 Å². The van der Waals surface area contributed by atoms with Gasteiger partial charge in [-0.2, -0.15) is 0 Å². The summed E-state index contributed by atoms with van der Waals surface area (Å²) in [5, 5.41) is 11.1. The number of hydrogen-bond donors (Lipinski definition) is 1. The first kappa shape index (κ1) is 17.9. The van der Waals surface area contributed by atoms with Gasteiger partial charge in [-0.1, -0.05) is 31.2 Å². The summed E-state index contributed by atoms with van der Waals surface area (Å²) in [6, 6.07) is 11.8. The van der Waals surface area contributed by atoms with Crippen LogP contribution in [0.25, 0.3) is 0 Å². The van der Waals surface area contributed by atoms with Gasteiger partial charge in [0, 0.05) is 12.1 Å². The van der Waals surface area contributed by atoms with Gasteiger partial charge in [-0.25, -0.2) is 13.1 Å². The summed E-state index contributed by atoms with van der Waals surface area (Å²) < 4.78 is 32.8. The van der Waals surface area contributed by atoms with E-state index >= 15 is 0 Å². The van der Waals surface area contributed by atoms with E-state index < -0.39 is 26.7 Å². The highest BCUT2D eigenvalue weighted by Crippen LogP contribution is 2.26. The molecule has 2 rings (SSSR count). The van der Waals surface area contributed by atoms with Crippen LogP contribution in [-0.4, -0.2) is 20.5 Å². The molecule has 2 aromatic rings. The molecule has 2 aromatic carbocycles. The minimum absolute atomic E-state index is 0.345. The van der Waals surface area contributed by atoms with E-state index in [0.29, 0.717) is 12.2 Å². The number of nitrogens with zero attached hydrogens (tertiary/aromatic N) is 1. The summed E-state index contributed by atoms with van der Waals surface area (Å²) in [6.07, 6.45) is 0.492. The maximum absolute atomic E-state index is 12.6. The lowest BCUT2D eigenvalue weighted by Crippen LogP contribution is -2.28. The standard InChI is InChI=1S/C16H18N2O5S/c1-3-14(12-8-10-13(23-2)11-9-12)17-24(21,22)16-7-5-4-6-15(16)18(19)20/h4-11,14,17H,3H2,1-2H3. The van der Waals surface area contributed by atoms with E-state index in [2.05, 4.69) is 4.72 Å². The minimum Gasteiger partial charge on any atom is -0.497 e. The summed E-state index contributed by atoms with van der Waals surface area (Å²) in [6.45, 7) is 1.83. The summed E-state index contributed by atoms with van der Waals surface area (Å²) >= 11 is 0. The third-order valence-electron chi connectivity index (χ3n) is 3.58. The van der Waals surface area contributed by atoms with Gasteiger partial charge in [-0.05, 0) is 30.2 Å². The minimum atomic E-state index is -4.03. The van der Waals surface area contributed by atoms with Crippen molar-refractivity contribution >= 4 is 15.7 Å². The van der Waals surface area contributed by atoms with Crippen LogP contribution in [0, 0.1) is 10.1 Å². The number of hydrogen-bond acceptors (Lipinski definition) is 5. The number of nitro groups is 1. The Morgan fingerprint density at radius 1 is 1.17 bits per heavy atom. The molecule has 0 aromatic heterocycles. The Bertz CT molecular complexity index is 819. The average molecular weight is 350 g/mol. The first-order chi connectivity index (χ1) is 11.4. The zero-order valence-corrected chi connectivity index (χ0v) is 14.1. The molecule has 0 aliphatic rings. The normalized spacial score (nSPS) is 12.6. The quantitative estimate of drug-likeness (QED) is 0.611. The van der Waals surface area contributed by atoms with Gasteiger partial charge in [-0.15, -0.1) is 0 Å². The number of para-hydroxylation sites is 1. The molecule has 0 aliphatic heterocycles. The van der Waals surface area contributed by atoms with Crippen molar-refractivity contribution in [1.29, 1.82) is 0 Å². The summed E-state index contributed by atoms with van der Waals surface area (Å²) in [4.78, 5) is 10.0. The van der Waals surface area contributed by atoms with Gasteiger partial charge in [-0.3, -0.25) is 10.1 Å². The monoisotopic (exact) mass is 350 g/mol. The van der Waals surface area contributed by atoms with Crippen LogP contribution in [0.15, 0.2) is 53.4 Å². The van der Waals surface area contributed by atoms with E-state index in [4.69, 9.17) is 4.74 Å². The largest absolute Gasteiger partial charge is 0.497 e. The molecule has 0 fully saturated rings. The summed E-state index contributed by atoms with van der Waals surface area (Å²) in [5.41, 5.74) is 0.301. The van der Waals surface area contributed by atoms with Gasteiger partial charge in [0.25, 0.3) is 5.69 Å². The number of rotatable bonds is 7. The van der Waals surface area contributed by atoms with Gasteiger partial charge in [0.1, 0.15) is 5.75 Å². The highest BCUT2D eigenvalue weighted by molar-refractivity contribution is 7.89. The van der Waals surface area contributed by atoms with Crippen LogP contribution < -0.4 is 9.46 Å². The summed E-state index contributed by atoms with van der Waals surface area (Å²) in [5.74, 6) is 0.662. The van der Waals surface area contributed by atoms with Crippen molar-refractivity contribution in [3.05, 3.63) is 64.2 Å². The Morgan fingerprint density at radius 2 is 1.79 bits per heavy atom.